The monoisotopic (exact) mass is 270 g/mol. The minimum Gasteiger partial charge on any atom is -0.508 e. The highest BCUT2D eigenvalue weighted by Crippen LogP contribution is 2.39. The summed E-state index contributed by atoms with van der Waals surface area (Å²) < 4.78 is 5.97. The number of benzene rings is 2. The number of rotatable bonds is 2. The molecular formula is C16H14O2S. The Morgan fingerprint density at radius 3 is 2.47 bits per heavy atom. The number of phenolic OH excluding ortho intramolecular Hbond substituents is 1. The summed E-state index contributed by atoms with van der Waals surface area (Å²) in [6.45, 7) is 2.08. The molecule has 3 aromatic rings. The minimum atomic E-state index is 0.265. The second-order valence-electron chi connectivity index (χ2n) is 4.51. The van der Waals surface area contributed by atoms with E-state index in [1.54, 1.807) is 23.9 Å². The highest BCUT2D eigenvalue weighted by atomic mass is 32.2. The molecule has 0 saturated heterocycles. The molecule has 0 aliphatic heterocycles. The molecule has 0 amide bonds. The Morgan fingerprint density at radius 2 is 1.79 bits per heavy atom. The lowest BCUT2D eigenvalue weighted by atomic mass is 10.1. The number of furan rings is 1. The predicted molar refractivity (Wildman–Crippen MR) is 79.8 cm³/mol. The molecule has 0 aliphatic rings. The standard InChI is InChI=1S/C16H14O2S/c1-10-3-8-14-13(9-10)16(19-2)15(18-14)11-4-6-12(17)7-5-11/h3-9,17H,1-2H3. The Labute approximate surface area is 116 Å². The Hall–Kier alpha value is -1.87. The third-order valence-electron chi connectivity index (χ3n) is 3.13. The van der Waals surface area contributed by atoms with Crippen LogP contribution in [0.4, 0.5) is 0 Å². The van der Waals surface area contributed by atoms with Crippen LogP contribution >= 0.6 is 11.8 Å². The lowest BCUT2D eigenvalue weighted by molar-refractivity contribution is 0.475. The molecule has 3 heteroatoms. The van der Waals surface area contributed by atoms with Crippen LogP contribution in [0.5, 0.6) is 5.75 Å². The van der Waals surface area contributed by atoms with Crippen LogP contribution in [0, 0.1) is 6.92 Å². The number of aromatic hydroxyl groups is 1. The Kier molecular flexibility index (Phi) is 2.99. The molecule has 2 aromatic carbocycles. The largest absolute Gasteiger partial charge is 0.508 e. The molecule has 96 valence electrons. The van der Waals surface area contributed by atoms with Gasteiger partial charge in [0.05, 0.1) is 4.90 Å². The second kappa shape index (κ2) is 4.67. The molecule has 2 nitrogen and oxygen atoms in total. The van der Waals surface area contributed by atoms with E-state index in [-0.39, 0.29) is 5.75 Å². The van der Waals surface area contributed by atoms with E-state index in [1.807, 2.05) is 18.2 Å². The molecular weight excluding hydrogens is 256 g/mol. The van der Waals surface area contributed by atoms with E-state index < -0.39 is 0 Å². The summed E-state index contributed by atoms with van der Waals surface area (Å²) in [5.41, 5.74) is 3.11. The van der Waals surface area contributed by atoms with Gasteiger partial charge in [0.2, 0.25) is 0 Å². The van der Waals surface area contributed by atoms with Crippen molar-refractivity contribution in [1.82, 2.24) is 0 Å². The molecule has 0 aliphatic carbocycles. The van der Waals surface area contributed by atoms with Crippen molar-refractivity contribution in [2.24, 2.45) is 0 Å². The first-order valence-corrected chi connectivity index (χ1v) is 7.28. The normalized spacial score (nSPS) is 11.1. The second-order valence-corrected chi connectivity index (χ2v) is 5.33. The SMILES string of the molecule is CSc1c(-c2ccc(O)cc2)oc2ccc(C)cc12. The molecule has 0 bridgehead atoms. The average molecular weight is 270 g/mol. The van der Waals surface area contributed by atoms with Crippen LogP contribution in [-0.2, 0) is 0 Å². The maximum Gasteiger partial charge on any atom is 0.148 e. The minimum absolute atomic E-state index is 0.265. The zero-order valence-electron chi connectivity index (χ0n) is 10.8. The topological polar surface area (TPSA) is 33.4 Å². The number of phenols is 1. The maximum atomic E-state index is 9.37. The molecule has 0 atom stereocenters. The average Bonchev–Trinajstić information content (AvgIpc) is 2.77. The van der Waals surface area contributed by atoms with Gasteiger partial charge in [0.15, 0.2) is 0 Å². The van der Waals surface area contributed by atoms with Gasteiger partial charge in [0.25, 0.3) is 0 Å². The molecule has 1 aromatic heterocycles. The van der Waals surface area contributed by atoms with Crippen LogP contribution in [0.1, 0.15) is 5.56 Å². The van der Waals surface area contributed by atoms with Gasteiger partial charge in [-0.25, -0.2) is 0 Å². The summed E-state index contributed by atoms with van der Waals surface area (Å²) in [6.07, 6.45) is 2.05. The summed E-state index contributed by atoms with van der Waals surface area (Å²) in [4.78, 5) is 1.14. The quantitative estimate of drug-likeness (QED) is 0.677. The van der Waals surface area contributed by atoms with Crippen molar-refractivity contribution >= 4 is 22.7 Å². The number of hydrogen-bond donors (Lipinski definition) is 1. The van der Waals surface area contributed by atoms with Gasteiger partial charge in [-0.05, 0) is 49.6 Å². The van der Waals surface area contributed by atoms with Gasteiger partial charge in [-0.3, -0.25) is 0 Å². The van der Waals surface area contributed by atoms with Crippen LogP contribution in [0.15, 0.2) is 51.8 Å². The fourth-order valence-corrected chi connectivity index (χ4v) is 2.92. The summed E-state index contributed by atoms with van der Waals surface area (Å²) in [6, 6.07) is 13.3. The highest BCUT2D eigenvalue weighted by molar-refractivity contribution is 7.99. The fraction of sp³-hybridized carbons (Fsp3) is 0.125. The zero-order chi connectivity index (χ0) is 13.4. The molecule has 1 heterocycles. The van der Waals surface area contributed by atoms with Gasteiger partial charge in [0, 0.05) is 10.9 Å². The van der Waals surface area contributed by atoms with Gasteiger partial charge in [0.1, 0.15) is 17.1 Å². The molecule has 0 saturated carbocycles. The number of aryl methyl sites for hydroxylation is 1. The summed E-state index contributed by atoms with van der Waals surface area (Å²) in [7, 11) is 0. The number of fused-ring (bicyclic) bond motifs is 1. The lowest BCUT2D eigenvalue weighted by Crippen LogP contribution is -1.76. The van der Waals surface area contributed by atoms with Gasteiger partial charge in [-0.2, -0.15) is 0 Å². The van der Waals surface area contributed by atoms with E-state index in [9.17, 15) is 5.11 Å². The van der Waals surface area contributed by atoms with E-state index in [1.165, 1.54) is 5.56 Å². The van der Waals surface area contributed by atoms with Crippen LogP contribution in [0.3, 0.4) is 0 Å². The molecule has 0 unspecified atom stereocenters. The van der Waals surface area contributed by atoms with Crippen molar-refractivity contribution < 1.29 is 9.52 Å². The molecule has 3 rings (SSSR count). The lowest BCUT2D eigenvalue weighted by Gasteiger charge is -2.00. The van der Waals surface area contributed by atoms with Crippen LogP contribution < -0.4 is 0 Å². The van der Waals surface area contributed by atoms with E-state index in [0.717, 1.165) is 27.2 Å². The van der Waals surface area contributed by atoms with Gasteiger partial charge in [-0.15, -0.1) is 11.8 Å². The number of thioether (sulfide) groups is 1. The molecule has 0 spiro atoms. The third kappa shape index (κ3) is 2.10. The molecule has 19 heavy (non-hydrogen) atoms. The van der Waals surface area contributed by atoms with Gasteiger partial charge >= 0.3 is 0 Å². The van der Waals surface area contributed by atoms with E-state index in [2.05, 4.69) is 25.3 Å². The van der Waals surface area contributed by atoms with Crippen molar-refractivity contribution in [3.05, 3.63) is 48.0 Å². The molecule has 1 N–H and O–H groups in total. The molecule has 0 fully saturated rings. The van der Waals surface area contributed by atoms with Gasteiger partial charge in [-0.1, -0.05) is 11.6 Å². The maximum absolute atomic E-state index is 9.37. The van der Waals surface area contributed by atoms with Crippen molar-refractivity contribution in [2.45, 2.75) is 11.8 Å². The smallest absolute Gasteiger partial charge is 0.148 e. The predicted octanol–water partition coefficient (Wildman–Crippen LogP) is 4.84. The van der Waals surface area contributed by atoms with Crippen molar-refractivity contribution in [3.8, 4) is 17.1 Å². The van der Waals surface area contributed by atoms with Crippen LogP contribution in [-0.4, -0.2) is 11.4 Å². The first kappa shape index (κ1) is 12.2. The van der Waals surface area contributed by atoms with E-state index in [4.69, 9.17) is 4.42 Å². The molecule has 0 radical (unpaired) electrons. The first-order chi connectivity index (χ1) is 9.19. The first-order valence-electron chi connectivity index (χ1n) is 6.05. The summed E-state index contributed by atoms with van der Waals surface area (Å²) in [5, 5.41) is 10.5. The van der Waals surface area contributed by atoms with E-state index >= 15 is 0 Å². The van der Waals surface area contributed by atoms with Crippen LogP contribution in [0.2, 0.25) is 0 Å². The Morgan fingerprint density at radius 1 is 1.05 bits per heavy atom. The summed E-state index contributed by atoms with van der Waals surface area (Å²) in [5.74, 6) is 1.13. The van der Waals surface area contributed by atoms with Gasteiger partial charge < -0.3 is 9.52 Å². The number of hydrogen-bond acceptors (Lipinski definition) is 3. The van der Waals surface area contributed by atoms with Crippen molar-refractivity contribution in [3.63, 3.8) is 0 Å². The fourth-order valence-electron chi connectivity index (χ4n) is 2.19. The third-order valence-corrected chi connectivity index (χ3v) is 3.95. The zero-order valence-corrected chi connectivity index (χ0v) is 11.6. The highest BCUT2D eigenvalue weighted by Gasteiger charge is 2.15. The Balaban J connectivity index is 2.25. The summed E-state index contributed by atoms with van der Waals surface area (Å²) >= 11 is 1.68. The van der Waals surface area contributed by atoms with Crippen LogP contribution in [0.25, 0.3) is 22.3 Å². The van der Waals surface area contributed by atoms with Crippen molar-refractivity contribution in [1.29, 1.82) is 0 Å². The van der Waals surface area contributed by atoms with E-state index in [0.29, 0.717) is 0 Å². The Bertz CT molecular complexity index is 726. The van der Waals surface area contributed by atoms with Crippen molar-refractivity contribution in [2.75, 3.05) is 6.26 Å².